The van der Waals surface area contributed by atoms with Gasteiger partial charge in [0.25, 0.3) is 0 Å². The number of hydrogen-bond donors (Lipinski definition) is 0. The van der Waals surface area contributed by atoms with E-state index in [4.69, 9.17) is 4.74 Å². The van der Waals surface area contributed by atoms with Gasteiger partial charge in [-0.05, 0) is 20.3 Å². The molecule has 2 fully saturated rings. The smallest absolute Gasteiger partial charge is 0.149 e. The number of piperidine rings is 1. The summed E-state index contributed by atoms with van der Waals surface area (Å²) in [5.74, 6) is 0.205. The Bertz CT molecular complexity index is 482. The SMILES string of the molecule is COc1cnc(CN2C3CC2CN(C(C)C)C3)c(F)c1. The van der Waals surface area contributed by atoms with Gasteiger partial charge in [0.2, 0.25) is 0 Å². The van der Waals surface area contributed by atoms with E-state index in [1.807, 2.05) is 0 Å². The standard InChI is InChI=1S/C15H22FN3O/c1-10(2)18-7-11-4-12(8-18)19(11)9-15-14(16)5-13(20-3)6-17-15/h5-6,10-12H,4,7-9H2,1-3H3. The molecule has 1 aromatic heterocycles. The van der Waals surface area contributed by atoms with Crippen LogP contribution in [-0.2, 0) is 6.54 Å². The number of aromatic nitrogens is 1. The summed E-state index contributed by atoms with van der Waals surface area (Å²) < 4.78 is 18.9. The van der Waals surface area contributed by atoms with Crippen LogP contribution in [0.4, 0.5) is 4.39 Å². The fourth-order valence-electron chi connectivity index (χ4n) is 3.25. The second-order valence-corrected chi connectivity index (χ2v) is 6.07. The molecule has 110 valence electrons. The number of piperazine rings is 1. The Morgan fingerprint density at radius 1 is 1.40 bits per heavy atom. The van der Waals surface area contributed by atoms with Crippen molar-refractivity contribution in [2.24, 2.45) is 0 Å². The van der Waals surface area contributed by atoms with Gasteiger partial charge in [0.05, 0.1) is 19.0 Å². The van der Waals surface area contributed by atoms with Crippen molar-refractivity contribution < 1.29 is 9.13 Å². The van der Waals surface area contributed by atoms with Crippen LogP contribution in [0.15, 0.2) is 12.3 Å². The fraction of sp³-hybridized carbons (Fsp3) is 0.667. The number of rotatable bonds is 4. The van der Waals surface area contributed by atoms with E-state index < -0.39 is 0 Å². The van der Waals surface area contributed by atoms with E-state index in [0.717, 1.165) is 13.1 Å². The molecule has 0 aromatic carbocycles. The molecule has 20 heavy (non-hydrogen) atoms. The van der Waals surface area contributed by atoms with Crippen molar-refractivity contribution in [2.45, 2.75) is 44.9 Å². The second-order valence-electron chi connectivity index (χ2n) is 6.07. The summed E-state index contributed by atoms with van der Waals surface area (Å²) >= 11 is 0. The van der Waals surface area contributed by atoms with E-state index >= 15 is 0 Å². The van der Waals surface area contributed by atoms with Gasteiger partial charge in [0, 0.05) is 43.8 Å². The molecule has 0 spiro atoms. The lowest BCUT2D eigenvalue weighted by molar-refractivity contribution is -0.0845. The van der Waals surface area contributed by atoms with Crippen molar-refractivity contribution in [1.82, 2.24) is 14.8 Å². The highest BCUT2D eigenvalue weighted by molar-refractivity contribution is 5.22. The molecule has 2 bridgehead atoms. The Morgan fingerprint density at radius 3 is 2.65 bits per heavy atom. The quantitative estimate of drug-likeness (QED) is 0.841. The highest BCUT2D eigenvalue weighted by atomic mass is 19.1. The molecule has 0 N–H and O–H groups in total. The van der Waals surface area contributed by atoms with Gasteiger partial charge in [0.15, 0.2) is 0 Å². The molecule has 2 atom stereocenters. The molecular formula is C15H22FN3O. The maximum absolute atomic E-state index is 14.0. The van der Waals surface area contributed by atoms with Gasteiger partial charge in [0.1, 0.15) is 11.6 Å². The monoisotopic (exact) mass is 279 g/mol. The van der Waals surface area contributed by atoms with Gasteiger partial charge in [-0.3, -0.25) is 14.8 Å². The number of halogens is 1. The summed E-state index contributed by atoms with van der Waals surface area (Å²) in [5, 5.41) is 0. The molecule has 0 aliphatic carbocycles. The number of methoxy groups -OCH3 is 1. The second kappa shape index (κ2) is 5.30. The van der Waals surface area contributed by atoms with Gasteiger partial charge in [-0.25, -0.2) is 4.39 Å². The highest BCUT2D eigenvalue weighted by Gasteiger charge is 2.45. The Morgan fingerprint density at radius 2 is 2.10 bits per heavy atom. The van der Waals surface area contributed by atoms with Crippen LogP contribution < -0.4 is 4.74 Å². The maximum Gasteiger partial charge on any atom is 0.149 e. The van der Waals surface area contributed by atoms with Crippen LogP contribution >= 0.6 is 0 Å². The van der Waals surface area contributed by atoms with Crippen LogP contribution in [0.2, 0.25) is 0 Å². The summed E-state index contributed by atoms with van der Waals surface area (Å²) in [6.45, 7) is 7.26. The van der Waals surface area contributed by atoms with Crippen LogP contribution in [0.25, 0.3) is 0 Å². The lowest BCUT2D eigenvalue weighted by Gasteiger charge is -2.57. The Kier molecular flexibility index (Phi) is 3.65. The zero-order valence-electron chi connectivity index (χ0n) is 12.3. The normalized spacial score (nSPS) is 26.6. The van der Waals surface area contributed by atoms with Crippen LogP contribution in [-0.4, -0.2) is 53.1 Å². The van der Waals surface area contributed by atoms with E-state index in [9.17, 15) is 4.39 Å². The Labute approximate surface area is 119 Å². The minimum absolute atomic E-state index is 0.268. The summed E-state index contributed by atoms with van der Waals surface area (Å²) in [5.41, 5.74) is 0.526. The van der Waals surface area contributed by atoms with Crippen molar-refractivity contribution in [2.75, 3.05) is 20.2 Å². The van der Waals surface area contributed by atoms with E-state index in [-0.39, 0.29) is 5.82 Å². The third-order valence-corrected chi connectivity index (χ3v) is 4.56. The van der Waals surface area contributed by atoms with E-state index in [1.54, 1.807) is 6.20 Å². The molecule has 2 aliphatic heterocycles. The maximum atomic E-state index is 14.0. The average molecular weight is 279 g/mol. The number of pyridine rings is 1. The minimum atomic E-state index is -0.268. The van der Waals surface area contributed by atoms with Crippen molar-refractivity contribution >= 4 is 0 Å². The number of nitrogens with zero attached hydrogens (tertiary/aromatic N) is 3. The Balaban J connectivity index is 1.66. The Hall–Kier alpha value is -1.20. The largest absolute Gasteiger partial charge is 0.495 e. The summed E-state index contributed by atoms with van der Waals surface area (Å²) in [6, 6.07) is 3.12. The molecule has 3 rings (SSSR count). The van der Waals surface area contributed by atoms with Gasteiger partial charge in [-0.2, -0.15) is 0 Å². The van der Waals surface area contributed by atoms with E-state index in [2.05, 4.69) is 28.6 Å². The number of fused-ring (bicyclic) bond motifs is 2. The molecule has 2 unspecified atom stereocenters. The molecule has 5 heteroatoms. The molecule has 2 aliphatic rings. The molecule has 1 aromatic rings. The first-order valence-corrected chi connectivity index (χ1v) is 7.26. The lowest BCUT2D eigenvalue weighted by atomic mass is 9.86. The van der Waals surface area contributed by atoms with Gasteiger partial charge < -0.3 is 4.74 Å². The minimum Gasteiger partial charge on any atom is -0.495 e. The lowest BCUT2D eigenvalue weighted by Crippen LogP contribution is -2.69. The van der Waals surface area contributed by atoms with Crippen LogP contribution in [0, 0.1) is 5.82 Å². The molecule has 0 saturated carbocycles. The summed E-state index contributed by atoms with van der Waals surface area (Å²) in [7, 11) is 1.52. The summed E-state index contributed by atoms with van der Waals surface area (Å²) in [4.78, 5) is 9.09. The van der Waals surface area contributed by atoms with Crippen LogP contribution in [0.5, 0.6) is 5.75 Å². The fourth-order valence-corrected chi connectivity index (χ4v) is 3.25. The van der Waals surface area contributed by atoms with Crippen LogP contribution in [0.1, 0.15) is 26.0 Å². The predicted molar refractivity (Wildman–Crippen MR) is 75.2 cm³/mol. The first-order chi connectivity index (χ1) is 9.58. The average Bonchev–Trinajstić information content (AvgIpc) is 2.45. The number of likely N-dealkylation sites (tertiary alicyclic amines) is 2. The third-order valence-electron chi connectivity index (χ3n) is 4.56. The molecular weight excluding hydrogens is 257 g/mol. The first kappa shape index (κ1) is 13.8. The predicted octanol–water partition coefficient (Wildman–Crippen LogP) is 1.90. The summed E-state index contributed by atoms with van der Waals surface area (Å²) in [6.07, 6.45) is 2.83. The van der Waals surface area contributed by atoms with Gasteiger partial charge >= 0.3 is 0 Å². The molecule has 3 heterocycles. The van der Waals surface area contributed by atoms with Crippen molar-refractivity contribution in [3.63, 3.8) is 0 Å². The topological polar surface area (TPSA) is 28.6 Å². The highest BCUT2D eigenvalue weighted by Crippen LogP contribution is 2.34. The molecule has 0 radical (unpaired) electrons. The van der Waals surface area contributed by atoms with Crippen molar-refractivity contribution in [3.05, 3.63) is 23.8 Å². The van der Waals surface area contributed by atoms with Gasteiger partial charge in [-0.15, -0.1) is 0 Å². The van der Waals surface area contributed by atoms with Crippen molar-refractivity contribution in [1.29, 1.82) is 0 Å². The van der Waals surface area contributed by atoms with Crippen molar-refractivity contribution in [3.8, 4) is 5.75 Å². The number of ether oxygens (including phenoxy) is 1. The molecule has 0 amide bonds. The molecule has 4 nitrogen and oxygen atoms in total. The zero-order valence-corrected chi connectivity index (χ0v) is 12.3. The third kappa shape index (κ3) is 2.40. The first-order valence-electron chi connectivity index (χ1n) is 7.26. The van der Waals surface area contributed by atoms with E-state index in [0.29, 0.717) is 36.1 Å². The van der Waals surface area contributed by atoms with Crippen LogP contribution in [0.3, 0.4) is 0 Å². The number of hydrogen-bond acceptors (Lipinski definition) is 4. The van der Waals surface area contributed by atoms with E-state index in [1.165, 1.54) is 19.6 Å². The zero-order chi connectivity index (χ0) is 14.3. The molecule has 2 saturated heterocycles. The van der Waals surface area contributed by atoms with Gasteiger partial charge in [-0.1, -0.05) is 0 Å².